The van der Waals surface area contributed by atoms with Gasteiger partial charge in [0.25, 0.3) is 17.7 Å². The van der Waals surface area contributed by atoms with Crippen molar-refractivity contribution in [1.82, 2.24) is 15.1 Å². The summed E-state index contributed by atoms with van der Waals surface area (Å²) in [5.74, 6) is -0.688. The van der Waals surface area contributed by atoms with E-state index in [2.05, 4.69) is 24.1 Å². The van der Waals surface area contributed by atoms with Crippen LogP contribution in [-0.2, 0) is 0 Å². The van der Waals surface area contributed by atoms with Crippen LogP contribution in [0.1, 0.15) is 77.0 Å². The number of nitrogens with one attached hydrogen (secondary N) is 1. The molecule has 0 saturated heterocycles. The SMILES string of the molecule is CN(C)CC(C)(C)CNC(=O)c1ccc2c(c1)C(=O)N(C1CCCCC1)C2=O. The highest BCUT2D eigenvalue weighted by Gasteiger charge is 2.40. The molecule has 2 aliphatic rings. The summed E-state index contributed by atoms with van der Waals surface area (Å²) in [5.41, 5.74) is 1.13. The van der Waals surface area contributed by atoms with Gasteiger partial charge in [-0.15, -0.1) is 0 Å². The van der Waals surface area contributed by atoms with Gasteiger partial charge >= 0.3 is 0 Å². The molecule has 0 radical (unpaired) electrons. The van der Waals surface area contributed by atoms with E-state index in [1.807, 2.05) is 14.1 Å². The fraction of sp³-hybridized carbons (Fsp3) is 0.591. The maximum Gasteiger partial charge on any atom is 0.261 e. The molecular formula is C22H31N3O3. The Kier molecular flexibility index (Phi) is 5.89. The van der Waals surface area contributed by atoms with Crippen molar-refractivity contribution in [2.24, 2.45) is 5.41 Å². The number of carbonyl (C=O) groups is 3. The molecule has 6 nitrogen and oxygen atoms in total. The molecule has 1 fully saturated rings. The Morgan fingerprint density at radius 1 is 1.11 bits per heavy atom. The molecule has 3 rings (SSSR count). The molecule has 28 heavy (non-hydrogen) atoms. The van der Waals surface area contributed by atoms with Gasteiger partial charge in [0.1, 0.15) is 0 Å². The molecule has 1 heterocycles. The summed E-state index contributed by atoms with van der Waals surface area (Å²) in [6.45, 7) is 5.57. The van der Waals surface area contributed by atoms with Gasteiger partial charge in [0, 0.05) is 24.7 Å². The highest BCUT2D eigenvalue weighted by molar-refractivity contribution is 6.22. The first-order chi connectivity index (χ1) is 13.2. The second-order valence-electron chi connectivity index (χ2n) is 9.12. The van der Waals surface area contributed by atoms with E-state index in [4.69, 9.17) is 0 Å². The molecule has 0 atom stereocenters. The molecule has 3 amide bonds. The molecular weight excluding hydrogens is 354 g/mol. The molecule has 6 heteroatoms. The Morgan fingerprint density at radius 2 is 1.75 bits per heavy atom. The molecule has 152 valence electrons. The Bertz CT molecular complexity index is 779. The second-order valence-corrected chi connectivity index (χ2v) is 9.12. The average molecular weight is 386 g/mol. The summed E-state index contributed by atoms with van der Waals surface area (Å²) in [5, 5.41) is 2.96. The van der Waals surface area contributed by atoms with Gasteiger partial charge < -0.3 is 10.2 Å². The third-order valence-electron chi connectivity index (χ3n) is 5.59. The maximum absolute atomic E-state index is 12.9. The van der Waals surface area contributed by atoms with E-state index in [1.54, 1.807) is 18.2 Å². The van der Waals surface area contributed by atoms with Crippen molar-refractivity contribution in [2.45, 2.75) is 52.0 Å². The molecule has 1 aliphatic carbocycles. The zero-order valence-electron chi connectivity index (χ0n) is 17.4. The molecule has 1 N–H and O–H groups in total. The first-order valence-corrected chi connectivity index (χ1v) is 10.1. The van der Waals surface area contributed by atoms with E-state index in [1.165, 1.54) is 4.90 Å². The lowest BCUT2D eigenvalue weighted by atomic mass is 9.93. The Balaban J connectivity index is 1.72. The van der Waals surface area contributed by atoms with Gasteiger partial charge in [-0.3, -0.25) is 19.3 Å². The van der Waals surface area contributed by atoms with E-state index < -0.39 is 0 Å². The fourth-order valence-electron chi connectivity index (χ4n) is 4.41. The van der Waals surface area contributed by atoms with Gasteiger partial charge in [-0.2, -0.15) is 0 Å². The van der Waals surface area contributed by atoms with Gasteiger partial charge in [-0.05, 0) is 50.6 Å². The number of rotatable bonds is 6. The third kappa shape index (κ3) is 4.27. The normalized spacial score (nSPS) is 18.0. The summed E-state index contributed by atoms with van der Waals surface area (Å²) in [4.78, 5) is 41.8. The van der Waals surface area contributed by atoms with Crippen LogP contribution < -0.4 is 5.32 Å². The zero-order chi connectivity index (χ0) is 20.5. The predicted octanol–water partition coefficient (Wildman–Crippen LogP) is 2.93. The summed E-state index contributed by atoms with van der Waals surface area (Å²) < 4.78 is 0. The van der Waals surface area contributed by atoms with Crippen LogP contribution in [-0.4, -0.2) is 60.7 Å². The van der Waals surface area contributed by atoms with Crippen LogP contribution in [0.25, 0.3) is 0 Å². The van der Waals surface area contributed by atoms with Crippen LogP contribution in [0.3, 0.4) is 0 Å². The number of carbonyl (C=O) groups excluding carboxylic acids is 3. The number of imide groups is 1. The summed E-state index contributed by atoms with van der Waals surface area (Å²) >= 11 is 0. The Hall–Kier alpha value is -2.21. The molecule has 1 saturated carbocycles. The summed E-state index contributed by atoms with van der Waals surface area (Å²) in [6, 6.07) is 4.83. The number of hydrogen-bond donors (Lipinski definition) is 1. The lowest BCUT2D eigenvalue weighted by molar-refractivity contribution is 0.0549. The Labute approximate surface area is 167 Å². The number of amides is 3. The minimum absolute atomic E-state index is 0.00902. The molecule has 0 bridgehead atoms. The smallest absolute Gasteiger partial charge is 0.261 e. The van der Waals surface area contributed by atoms with Gasteiger partial charge in [-0.25, -0.2) is 0 Å². The zero-order valence-corrected chi connectivity index (χ0v) is 17.4. The Morgan fingerprint density at radius 3 is 2.39 bits per heavy atom. The lowest BCUT2D eigenvalue weighted by Gasteiger charge is -2.29. The minimum atomic E-state index is -0.255. The van der Waals surface area contributed by atoms with Crippen LogP contribution in [0.5, 0.6) is 0 Å². The van der Waals surface area contributed by atoms with E-state index in [-0.39, 0.29) is 29.2 Å². The largest absolute Gasteiger partial charge is 0.351 e. The van der Waals surface area contributed by atoms with Gasteiger partial charge in [0.2, 0.25) is 0 Å². The monoisotopic (exact) mass is 385 g/mol. The van der Waals surface area contributed by atoms with E-state index in [0.29, 0.717) is 23.2 Å². The van der Waals surface area contributed by atoms with Crippen LogP contribution >= 0.6 is 0 Å². The average Bonchev–Trinajstić information content (AvgIpc) is 2.90. The highest BCUT2D eigenvalue weighted by atomic mass is 16.2. The van der Waals surface area contributed by atoms with Gasteiger partial charge in [-0.1, -0.05) is 33.1 Å². The highest BCUT2D eigenvalue weighted by Crippen LogP contribution is 2.31. The van der Waals surface area contributed by atoms with Crippen molar-refractivity contribution < 1.29 is 14.4 Å². The summed E-state index contributed by atoms with van der Waals surface area (Å²) in [6.07, 6.45) is 5.01. The molecule has 1 aliphatic heterocycles. The molecule has 0 unspecified atom stereocenters. The van der Waals surface area contributed by atoms with Crippen molar-refractivity contribution >= 4 is 17.7 Å². The first-order valence-electron chi connectivity index (χ1n) is 10.1. The van der Waals surface area contributed by atoms with Crippen LogP contribution in [0.15, 0.2) is 18.2 Å². The van der Waals surface area contributed by atoms with Crippen LogP contribution in [0, 0.1) is 5.41 Å². The predicted molar refractivity (Wildman–Crippen MR) is 108 cm³/mol. The first kappa shape index (κ1) is 20.5. The molecule has 1 aromatic carbocycles. The van der Waals surface area contributed by atoms with Crippen LogP contribution in [0.2, 0.25) is 0 Å². The van der Waals surface area contributed by atoms with Gasteiger partial charge in [0.15, 0.2) is 0 Å². The molecule has 0 aromatic heterocycles. The minimum Gasteiger partial charge on any atom is -0.351 e. The standard InChI is InChI=1S/C22H31N3O3/c1-22(2,14-24(3)4)13-23-19(26)15-10-11-17-18(12-15)21(28)25(20(17)27)16-8-6-5-7-9-16/h10-12,16H,5-9,13-14H2,1-4H3,(H,23,26). The molecule has 0 spiro atoms. The van der Waals surface area contributed by atoms with Crippen molar-refractivity contribution in [3.05, 3.63) is 34.9 Å². The number of benzene rings is 1. The summed E-state index contributed by atoms with van der Waals surface area (Å²) in [7, 11) is 4.01. The van der Waals surface area contributed by atoms with E-state index >= 15 is 0 Å². The van der Waals surface area contributed by atoms with Gasteiger partial charge in [0.05, 0.1) is 11.1 Å². The van der Waals surface area contributed by atoms with Crippen molar-refractivity contribution in [1.29, 1.82) is 0 Å². The molecule has 1 aromatic rings. The topological polar surface area (TPSA) is 69.7 Å². The lowest BCUT2D eigenvalue weighted by Crippen LogP contribution is -2.40. The van der Waals surface area contributed by atoms with E-state index in [0.717, 1.165) is 38.6 Å². The number of nitrogens with zero attached hydrogens (tertiary/aromatic N) is 2. The third-order valence-corrected chi connectivity index (χ3v) is 5.59. The van der Waals surface area contributed by atoms with Crippen molar-refractivity contribution in [2.75, 3.05) is 27.2 Å². The fourth-order valence-corrected chi connectivity index (χ4v) is 4.41. The maximum atomic E-state index is 12.9. The van der Waals surface area contributed by atoms with E-state index in [9.17, 15) is 14.4 Å². The number of hydrogen-bond acceptors (Lipinski definition) is 4. The number of fused-ring (bicyclic) bond motifs is 1. The quantitative estimate of drug-likeness (QED) is 0.765. The van der Waals surface area contributed by atoms with Crippen LogP contribution in [0.4, 0.5) is 0 Å². The van der Waals surface area contributed by atoms with Crippen molar-refractivity contribution in [3.63, 3.8) is 0 Å². The van der Waals surface area contributed by atoms with Crippen molar-refractivity contribution in [3.8, 4) is 0 Å². The second kappa shape index (κ2) is 8.03.